The number of aliphatic hydroxyl groups is 1. The Labute approximate surface area is 116 Å². The van der Waals surface area contributed by atoms with Gasteiger partial charge in [0.15, 0.2) is 17.5 Å². The van der Waals surface area contributed by atoms with E-state index < -0.39 is 23.1 Å². The Kier molecular flexibility index (Phi) is 3.32. The van der Waals surface area contributed by atoms with Crippen LogP contribution in [0, 0.1) is 22.9 Å². The highest BCUT2D eigenvalue weighted by atomic mass is 19.2. The Morgan fingerprint density at radius 1 is 0.800 bits per heavy atom. The van der Waals surface area contributed by atoms with Gasteiger partial charge in [0, 0.05) is 5.56 Å². The van der Waals surface area contributed by atoms with Crippen LogP contribution in [-0.4, -0.2) is 5.11 Å². The van der Waals surface area contributed by atoms with E-state index in [1.54, 1.807) is 0 Å². The summed E-state index contributed by atoms with van der Waals surface area (Å²) in [5, 5.41) is 10.7. The van der Waals surface area contributed by atoms with Crippen molar-refractivity contribution < 1.29 is 18.3 Å². The lowest BCUT2D eigenvalue weighted by Crippen LogP contribution is -2.36. The summed E-state index contributed by atoms with van der Waals surface area (Å²) >= 11 is 0. The molecule has 1 aromatic rings. The molecule has 0 heterocycles. The number of hydrogen-bond acceptors (Lipinski definition) is 1. The van der Waals surface area contributed by atoms with Crippen molar-refractivity contribution in [3.05, 3.63) is 35.1 Å². The first-order valence-electron chi connectivity index (χ1n) is 7.32. The molecule has 0 bridgehead atoms. The molecule has 3 rings (SSSR count). The van der Waals surface area contributed by atoms with Crippen LogP contribution in [0.15, 0.2) is 12.1 Å². The largest absolute Gasteiger partial charge is 0.385 e. The fourth-order valence-corrected chi connectivity index (χ4v) is 3.97. The van der Waals surface area contributed by atoms with Gasteiger partial charge in [-0.2, -0.15) is 0 Å². The second-order valence-corrected chi connectivity index (χ2v) is 6.46. The van der Waals surface area contributed by atoms with Crippen LogP contribution in [0.2, 0.25) is 0 Å². The van der Waals surface area contributed by atoms with E-state index in [1.165, 1.54) is 31.7 Å². The normalized spacial score (nSPS) is 24.2. The number of hydrogen-bond donors (Lipinski definition) is 1. The molecule has 110 valence electrons. The summed E-state index contributed by atoms with van der Waals surface area (Å²) in [5.41, 5.74) is -1.16. The average Bonchev–Trinajstić information content (AvgIpc) is 2.89. The minimum atomic E-state index is -1.49. The fraction of sp³-hybridized carbons (Fsp3) is 0.625. The predicted molar refractivity (Wildman–Crippen MR) is 69.6 cm³/mol. The summed E-state index contributed by atoms with van der Waals surface area (Å²) in [6, 6.07) is 2.08. The van der Waals surface area contributed by atoms with E-state index in [0.717, 1.165) is 18.9 Å². The first-order chi connectivity index (χ1) is 9.46. The van der Waals surface area contributed by atoms with Crippen molar-refractivity contribution in [1.82, 2.24) is 0 Å². The van der Waals surface area contributed by atoms with Crippen LogP contribution in [0.5, 0.6) is 0 Å². The van der Waals surface area contributed by atoms with Crippen LogP contribution in [0.1, 0.15) is 56.9 Å². The molecule has 0 unspecified atom stereocenters. The molecule has 0 amide bonds. The zero-order chi connectivity index (χ0) is 14.4. The lowest BCUT2D eigenvalue weighted by Gasteiger charge is -2.42. The quantitative estimate of drug-likeness (QED) is 0.757. The van der Waals surface area contributed by atoms with Crippen LogP contribution >= 0.6 is 0 Å². The van der Waals surface area contributed by atoms with E-state index in [1.807, 2.05) is 0 Å². The lowest BCUT2D eigenvalue weighted by molar-refractivity contribution is -0.0405. The van der Waals surface area contributed by atoms with Gasteiger partial charge in [0.05, 0.1) is 5.60 Å². The fourth-order valence-electron chi connectivity index (χ4n) is 3.97. The van der Waals surface area contributed by atoms with Crippen molar-refractivity contribution in [3.63, 3.8) is 0 Å². The summed E-state index contributed by atoms with van der Waals surface area (Å²) in [6.07, 6.45) is 7.30. The molecule has 0 atom stereocenters. The van der Waals surface area contributed by atoms with Crippen LogP contribution in [0.25, 0.3) is 0 Å². The summed E-state index contributed by atoms with van der Waals surface area (Å²) in [5.74, 6) is -3.94. The zero-order valence-corrected chi connectivity index (χ0v) is 11.4. The van der Waals surface area contributed by atoms with E-state index in [9.17, 15) is 18.3 Å². The molecule has 1 N–H and O–H groups in total. The molecule has 2 aliphatic rings. The maximum atomic E-state index is 13.9. The maximum Gasteiger partial charge on any atom is 0.194 e. The Bertz CT molecular complexity index is 511. The molecule has 0 radical (unpaired) electrons. The van der Waals surface area contributed by atoms with Gasteiger partial charge in [0.2, 0.25) is 0 Å². The summed E-state index contributed by atoms with van der Waals surface area (Å²) in [6.45, 7) is 0. The molecule has 4 heteroatoms. The minimum Gasteiger partial charge on any atom is -0.385 e. The second kappa shape index (κ2) is 4.76. The van der Waals surface area contributed by atoms with Gasteiger partial charge in [-0.1, -0.05) is 18.9 Å². The van der Waals surface area contributed by atoms with E-state index in [2.05, 4.69) is 0 Å². The molecule has 2 saturated carbocycles. The zero-order valence-electron chi connectivity index (χ0n) is 11.4. The van der Waals surface area contributed by atoms with Gasteiger partial charge in [-0.05, 0) is 50.0 Å². The van der Waals surface area contributed by atoms with E-state index >= 15 is 0 Å². The van der Waals surface area contributed by atoms with Crippen molar-refractivity contribution in [2.75, 3.05) is 0 Å². The van der Waals surface area contributed by atoms with Gasteiger partial charge >= 0.3 is 0 Å². The Morgan fingerprint density at radius 2 is 1.40 bits per heavy atom. The Hall–Kier alpha value is -1.03. The third-order valence-electron chi connectivity index (χ3n) is 5.34. The van der Waals surface area contributed by atoms with Crippen LogP contribution < -0.4 is 0 Å². The monoisotopic (exact) mass is 284 g/mol. The number of rotatable bonds is 1. The second-order valence-electron chi connectivity index (χ2n) is 6.46. The predicted octanol–water partition coefficient (Wildman–Crippen LogP) is 4.43. The molecular formula is C16H19F3O. The highest BCUT2D eigenvalue weighted by Crippen LogP contribution is 2.53. The van der Waals surface area contributed by atoms with E-state index in [4.69, 9.17) is 0 Å². The molecular weight excluding hydrogens is 265 g/mol. The van der Waals surface area contributed by atoms with Crippen molar-refractivity contribution >= 4 is 0 Å². The number of benzene rings is 1. The molecule has 1 nitrogen and oxygen atoms in total. The van der Waals surface area contributed by atoms with Gasteiger partial charge < -0.3 is 5.11 Å². The molecule has 20 heavy (non-hydrogen) atoms. The third-order valence-corrected chi connectivity index (χ3v) is 5.34. The van der Waals surface area contributed by atoms with Gasteiger partial charge in [-0.3, -0.25) is 0 Å². The first kappa shape index (κ1) is 13.9. The first-order valence-corrected chi connectivity index (χ1v) is 7.32. The lowest BCUT2D eigenvalue weighted by atomic mass is 9.66. The standard InChI is InChI=1S/C16H19F3O/c17-12-4-3-11(13(18)14(12)19)16(20)9-7-15(8-10-16)5-1-2-6-15/h3-4,20H,1-2,5-10H2. The molecule has 1 aromatic carbocycles. The van der Waals surface area contributed by atoms with Crippen LogP contribution in [0.4, 0.5) is 13.2 Å². The number of halogens is 3. The van der Waals surface area contributed by atoms with Gasteiger partial charge in [0.1, 0.15) is 0 Å². The highest BCUT2D eigenvalue weighted by Gasteiger charge is 2.45. The van der Waals surface area contributed by atoms with Crippen molar-refractivity contribution in [1.29, 1.82) is 0 Å². The Balaban J connectivity index is 1.86. The molecule has 0 saturated heterocycles. The van der Waals surface area contributed by atoms with Crippen molar-refractivity contribution in [2.45, 2.75) is 57.0 Å². The molecule has 1 spiro atoms. The van der Waals surface area contributed by atoms with Crippen molar-refractivity contribution in [2.24, 2.45) is 5.41 Å². The van der Waals surface area contributed by atoms with Gasteiger partial charge in [0.25, 0.3) is 0 Å². The summed E-state index contributed by atoms with van der Waals surface area (Å²) < 4.78 is 40.2. The van der Waals surface area contributed by atoms with E-state index in [-0.39, 0.29) is 5.56 Å². The topological polar surface area (TPSA) is 20.2 Å². The molecule has 0 aliphatic heterocycles. The third kappa shape index (κ3) is 2.14. The SMILES string of the molecule is OC1(c2ccc(F)c(F)c2F)CCC2(CCCC2)CC1. The van der Waals surface area contributed by atoms with Crippen molar-refractivity contribution in [3.8, 4) is 0 Å². The minimum absolute atomic E-state index is 0.0933. The van der Waals surface area contributed by atoms with E-state index in [0.29, 0.717) is 18.3 Å². The average molecular weight is 284 g/mol. The summed E-state index contributed by atoms with van der Waals surface area (Å²) in [4.78, 5) is 0. The Morgan fingerprint density at radius 3 is 2.00 bits per heavy atom. The molecule has 0 aromatic heterocycles. The maximum absolute atomic E-state index is 13.9. The highest BCUT2D eigenvalue weighted by molar-refractivity contribution is 5.27. The summed E-state index contributed by atoms with van der Waals surface area (Å²) in [7, 11) is 0. The molecule has 2 aliphatic carbocycles. The van der Waals surface area contributed by atoms with Crippen LogP contribution in [-0.2, 0) is 5.60 Å². The molecule has 2 fully saturated rings. The van der Waals surface area contributed by atoms with Gasteiger partial charge in [-0.15, -0.1) is 0 Å². The smallest absolute Gasteiger partial charge is 0.194 e. The van der Waals surface area contributed by atoms with Gasteiger partial charge in [-0.25, -0.2) is 13.2 Å². The van der Waals surface area contributed by atoms with Crippen LogP contribution in [0.3, 0.4) is 0 Å².